The third kappa shape index (κ3) is 12.0. The molecule has 21 nitrogen and oxygen atoms in total. The fourth-order valence-corrected chi connectivity index (χ4v) is 17.0. The zero-order valence-electron chi connectivity index (χ0n) is 48.7. The number of carbonyl (C=O) groups excluding carboxylic acids is 3. The highest BCUT2D eigenvalue weighted by Crippen LogP contribution is 2.76. The molecular formula is C60H97NO20. The second-order valence-electron chi connectivity index (χ2n) is 27.4. The van der Waals surface area contributed by atoms with Gasteiger partial charge in [0.15, 0.2) is 18.7 Å². The summed E-state index contributed by atoms with van der Waals surface area (Å²) in [5.74, 6) is -3.87. The Hall–Kier alpha value is -2.74. The molecule has 0 aromatic rings. The van der Waals surface area contributed by atoms with Gasteiger partial charge in [-0.3, -0.25) is 14.4 Å². The van der Waals surface area contributed by atoms with Crippen molar-refractivity contribution in [3.05, 3.63) is 11.6 Å². The van der Waals surface area contributed by atoms with Crippen LogP contribution in [0.25, 0.3) is 0 Å². The highest BCUT2D eigenvalue weighted by Gasteiger charge is 2.72. The SMILES string of the molecule is CC1O[C@@H](OC2C(O)[C@@H](NC(=O)CCCCCCCCCCC(=O)O)C(CO)O[C@H]2OC(=O)[C@]23CCC(C)(C)CC2C2=CCC4C5(C)CC[C@H](O)C(C)(C=O)C5CCC4(C)C2(C)CC3O)C(CO)C(O)[C@H]1O[C@@H]1OC[C@@H](O)C(O)C1O. The molecule has 11 N–H and O–H groups in total. The quantitative estimate of drug-likeness (QED) is 0.0340. The summed E-state index contributed by atoms with van der Waals surface area (Å²) >= 11 is 0. The van der Waals surface area contributed by atoms with E-state index in [2.05, 4.69) is 46.0 Å². The van der Waals surface area contributed by atoms with Gasteiger partial charge in [0.05, 0.1) is 61.6 Å². The molecule has 0 radical (unpaired) electrons. The van der Waals surface area contributed by atoms with Crippen LogP contribution >= 0.6 is 0 Å². The highest BCUT2D eigenvalue weighted by atomic mass is 16.8. The van der Waals surface area contributed by atoms with Crippen molar-refractivity contribution in [2.45, 2.75) is 263 Å². The normalized spacial score (nSPS) is 46.6. The Morgan fingerprint density at radius 3 is 2.00 bits per heavy atom. The molecule has 0 spiro atoms. The molecule has 0 aromatic heterocycles. The van der Waals surface area contributed by atoms with Crippen LogP contribution in [0.3, 0.4) is 0 Å². The molecule has 7 fully saturated rings. The molecule has 8 aliphatic rings. The number of carboxylic acid groups (broad SMARTS) is 1. The van der Waals surface area contributed by atoms with Gasteiger partial charge in [0.1, 0.15) is 48.3 Å². The van der Waals surface area contributed by atoms with Gasteiger partial charge in [-0.15, -0.1) is 0 Å². The van der Waals surface area contributed by atoms with Gasteiger partial charge in [-0.2, -0.15) is 0 Å². The van der Waals surface area contributed by atoms with Crippen molar-refractivity contribution >= 4 is 24.1 Å². The summed E-state index contributed by atoms with van der Waals surface area (Å²) in [6.07, 6.45) is -5.75. The molecule has 21 heteroatoms. The number of aliphatic hydroxyl groups excluding tert-OH is 9. The number of amides is 1. The number of allylic oxidation sites excluding steroid dienone is 2. The number of hydrogen-bond acceptors (Lipinski definition) is 19. The van der Waals surface area contributed by atoms with Gasteiger partial charge in [0.2, 0.25) is 12.2 Å². The van der Waals surface area contributed by atoms with Gasteiger partial charge >= 0.3 is 11.9 Å². The van der Waals surface area contributed by atoms with E-state index in [0.717, 1.165) is 63.2 Å². The first-order valence-corrected chi connectivity index (χ1v) is 30.3. The van der Waals surface area contributed by atoms with E-state index in [4.69, 9.17) is 33.5 Å². The number of unbranched alkanes of at least 4 members (excludes halogenated alkanes) is 7. The molecule has 24 atom stereocenters. The molecule has 16 unspecified atom stereocenters. The number of esters is 1. The molecule has 5 aliphatic carbocycles. The maximum Gasteiger partial charge on any atom is 0.317 e. The smallest absolute Gasteiger partial charge is 0.317 e. The van der Waals surface area contributed by atoms with E-state index in [0.29, 0.717) is 44.9 Å². The standard InChI is InChI=1S/C60H97NO20/c1-32-49(79-52-48(74)46(72)36(65)30-76-52)45(71)33(28-62)51(77-32)80-50-47(73)44(61-42(68)16-14-12-10-8-9-11-13-15-17-43(69)70)37(29-63)78-53(50)81-54(75)60-25-24-55(2,3)26-35(60)34-18-19-39-56(4)22-21-40(66)57(5,31-64)38(56)20-23-58(39,6)59(34,7)27-41(60)67/h18,31-33,35-41,44-53,62-63,65-67,71-74H,8-17,19-30H2,1-7H3,(H,61,68)(H,69,70)/t32?,33?,35?,36-,37?,38?,39?,40+,41?,44+,45?,46?,47?,48?,49+,50?,51+,52+,53+,56?,57?,58?,59?,60-/m1/s1. The number of aliphatic carboxylic acids is 1. The summed E-state index contributed by atoms with van der Waals surface area (Å²) in [5, 5.41) is 113. The van der Waals surface area contributed by atoms with E-state index < -0.39 is 151 Å². The lowest BCUT2D eigenvalue weighted by molar-refractivity contribution is -0.365. The average Bonchev–Trinajstić information content (AvgIpc) is 2.50. The van der Waals surface area contributed by atoms with Crippen LogP contribution in [0.15, 0.2) is 11.6 Å². The van der Waals surface area contributed by atoms with Crippen molar-refractivity contribution in [3.63, 3.8) is 0 Å². The molecular weight excluding hydrogens is 1050 g/mol. The number of carbonyl (C=O) groups is 4. The summed E-state index contributed by atoms with van der Waals surface area (Å²) in [4.78, 5) is 53.1. The first-order chi connectivity index (χ1) is 38.2. The zero-order valence-corrected chi connectivity index (χ0v) is 48.7. The number of aliphatic hydroxyl groups is 9. The van der Waals surface area contributed by atoms with Gasteiger partial charge in [-0.1, -0.05) is 91.7 Å². The van der Waals surface area contributed by atoms with Crippen LogP contribution in [0.4, 0.5) is 0 Å². The van der Waals surface area contributed by atoms with Crippen molar-refractivity contribution in [2.24, 2.45) is 56.2 Å². The van der Waals surface area contributed by atoms with Crippen LogP contribution in [0.1, 0.15) is 170 Å². The average molecular weight is 1150 g/mol. The summed E-state index contributed by atoms with van der Waals surface area (Å²) in [5.41, 5.74) is -2.87. The predicted molar refractivity (Wildman–Crippen MR) is 289 cm³/mol. The molecule has 0 bridgehead atoms. The molecule has 81 heavy (non-hydrogen) atoms. The Kier molecular flexibility index (Phi) is 20.1. The topological polar surface area (TPSA) is 338 Å². The molecule has 3 heterocycles. The van der Waals surface area contributed by atoms with E-state index in [1.54, 1.807) is 0 Å². The monoisotopic (exact) mass is 1150 g/mol. The Morgan fingerprint density at radius 1 is 0.704 bits per heavy atom. The number of hydrogen-bond donors (Lipinski definition) is 11. The second kappa shape index (κ2) is 25.3. The van der Waals surface area contributed by atoms with E-state index in [-0.39, 0.29) is 60.4 Å². The first kappa shape index (κ1) is 64.3. The minimum absolute atomic E-state index is 0.0457. The Balaban J connectivity index is 1.06. The van der Waals surface area contributed by atoms with Crippen LogP contribution in [-0.2, 0) is 47.6 Å². The van der Waals surface area contributed by atoms with Crippen LogP contribution in [0.5, 0.6) is 0 Å². The zero-order chi connectivity index (χ0) is 59.2. The van der Waals surface area contributed by atoms with Crippen LogP contribution < -0.4 is 5.32 Å². The van der Waals surface area contributed by atoms with E-state index in [1.807, 2.05) is 6.92 Å². The number of rotatable bonds is 21. The number of ether oxygens (including phenoxy) is 6. The number of carboxylic acids is 1. The van der Waals surface area contributed by atoms with Crippen LogP contribution in [0.2, 0.25) is 0 Å². The predicted octanol–water partition coefficient (Wildman–Crippen LogP) is 3.31. The van der Waals surface area contributed by atoms with Gasteiger partial charge in [-0.25, -0.2) is 0 Å². The molecule has 1 amide bonds. The molecule has 3 saturated heterocycles. The number of aldehydes is 1. The van der Waals surface area contributed by atoms with Crippen molar-refractivity contribution in [2.75, 3.05) is 19.8 Å². The molecule has 4 saturated carbocycles. The molecule has 0 aromatic carbocycles. The lowest BCUT2D eigenvalue weighted by Crippen LogP contribution is -2.69. The third-order valence-electron chi connectivity index (χ3n) is 22.2. The van der Waals surface area contributed by atoms with Crippen molar-refractivity contribution in [3.8, 4) is 0 Å². The second-order valence-corrected chi connectivity index (χ2v) is 27.4. The maximum absolute atomic E-state index is 15.7. The highest BCUT2D eigenvalue weighted by molar-refractivity contribution is 5.80. The lowest BCUT2D eigenvalue weighted by Gasteiger charge is -2.71. The van der Waals surface area contributed by atoms with Crippen LogP contribution in [0, 0.1) is 56.2 Å². The Morgan fingerprint density at radius 2 is 1.36 bits per heavy atom. The van der Waals surface area contributed by atoms with Crippen molar-refractivity contribution in [1.82, 2.24) is 5.32 Å². The fourth-order valence-electron chi connectivity index (χ4n) is 17.0. The van der Waals surface area contributed by atoms with Crippen molar-refractivity contribution < 1.29 is 98.7 Å². The summed E-state index contributed by atoms with van der Waals surface area (Å²) in [7, 11) is 0. The number of fused-ring (bicyclic) bond motifs is 7. The maximum atomic E-state index is 15.7. The largest absolute Gasteiger partial charge is 0.481 e. The summed E-state index contributed by atoms with van der Waals surface area (Å²) in [6.45, 7) is 12.6. The first-order valence-electron chi connectivity index (χ1n) is 30.3. The van der Waals surface area contributed by atoms with Gasteiger partial charge < -0.3 is 89.6 Å². The molecule has 462 valence electrons. The van der Waals surface area contributed by atoms with E-state index >= 15 is 4.79 Å². The number of nitrogens with one attached hydrogen (secondary N) is 1. The van der Waals surface area contributed by atoms with Crippen molar-refractivity contribution in [1.29, 1.82) is 0 Å². The summed E-state index contributed by atoms with van der Waals surface area (Å²) < 4.78 is 37.1. The fraction of sp³-hybridized carbons (Fsp3) is 0.900. The van der Waals surface area contributed by atoms with E-state index in [9.17, 15) is 60.3 Å². The molecule has 8 rings (SSSR count). The summed E-state index contributed by atoms with van der Waals surface area (Å²) in [6, 6.07) is -1.34. The van der Waals surface area contributed by atoms with Gasteiger partial charge in [0.25, 0.3) is 0 Å². The minimum Gasteiger partial charge on any atom is -0.481 e. The Bertz CT molecular complexity index is 2230. The molecule has 3 aliphatic heterocycles. The van der Waals surface area contributed by atoms with E-state index in [1.165, 1.54) is 6.92 Å². The van der Waals surface area contributed by atoms with Gasteiger partial charge in [-0.05, 0) is 117 Å². The van der Waals surface area contributed by atoms with Crippen LogP contribution in [-0.4, -0.2) is 187 Å². The van der Waals surface area contributed by atoms with Gasteiger partial charge in [0, 0.05) is 12.8 Å². The Labute approximate surface area is 476 Å². The lowest BCUT2D eigenvalue weighted by atomic mass is 9.33. The minimum atomic E-state index is -1.82. The third-order valence-corrected chi connectivity index (χ3v) is 22.2.